The normalized spacial score (nSPS) is 50.2. The van der Waals surface area contributed by atoms with Crippen LogP contribution in [0, 0.1) is 34.5 Å². The lowest BCUT2D eigenvalue weighted by atomic mass is 9.46. The van der Waals surface area contributed by atoms with Crippen molar-refractivity contribution in [1.29, 1.82) is 0 Å². The van der Waals surface area contributed by atoms with Crippen LogP contribution < -0.4 is 4.74 Å². The monoisotopic (exact) mass is 450 g/mol. The lowest BCUT2D eigenvalue weighted by Crippen LogP contribution is -2.65. The molecule has 0 radical (unpaired) electrons. The van der Waals surface area contributed by atoms with E-state index in [2.05, 4.69) is 20.8 Å². The number of ether oxygens (including phenoxy) is 2. The Morgan fingerprint density at radius 1 is 1.18 bits per heavy atom. The van der Waals surface area contributed by atoms with Crippen LogP contribution in [0.1, 0.15) is 46.5 Å². The Morgan fingerprint density at radius 3 is 2.61 bits per heavy atom. The molecule has 1 unspecified atom stereocenters. The van der Waals surface area contributed by atoms with Gasteiger partial charge in [-0.05, 0) is 67.7 Å². The van der Waals surface area contributed by atoms with E-state index in [1.54, 1.807) is 12.2 Å². The SMILES string of the molecule is C[C@H]1C[C@H]2[C@@H]3CCC4=CC(=O)C=C[C@]4(C)[C@H]3[C@@H](O)C[C@]2(C)[C@@]1(O)C1(Oc2ccccc2)CO1. The van der Waals surface area contributed by atoms with Crippen molar-refractivity contribution in [3.05, 3.63) is 54.1 Å². The molecule has 4 aliphatic carbocycles. The van der Waals surface area contributed by atoms with Crippen molar-refractivity contribution < 1.29 is 24.5 Å². The second-order valence-corrected chi connectivity index (χ2v) is 11.6. The van der Waals surface area contributed by atoms with Crippen LogP contribution >= 0.6 is 0 Å². The summed E-state index contributed by atoms with van der Waals surface area (Å²) >= 11 is 0. The van der Waals surface area contributed by atoms with Gasteiger partial charge in [-0.25, -0.2) is 0 Å². The van der Waals surface area contributed by atoms with E-state index in [0.29, 0.717) is 18.8 Å². The minimum absolute atomic E-state index is 0.0297. The molecule has 1 aromatic carbocycles. The first kappa shape index (κ1) is 21.6. The van der Waals surface area contributed by atoms with E-state index in [9.17, 15) is 15.0 Å². The number of aliphatic hydroxyl groups is 2. The van der Waals surface area contributed by atoms with Crippen LogP contribution in [0.3, 0.4) is 0 Å². The van der Waals surface area contributed by atoms with Crippen molar-refractivity contribution in [3.63, 3.8) is 0 Å². The summed E-state index contributed by atoms with van der Waals surface area (Å²) in [5, 5.41) is 24.1. The van der Waals surface area contributed by atoms with Gasteiger partial charge in [0.05, 0.1) is 6.10 Å². The molecular weight excluding hydrogens is 416 g/mol. The van der Waals surface area contributed by atoms with Gasteiger partial charge in [0.15, 0.2) is 5.78 Å². The number of epoxide rings is 1. The van der Waals surface area contributed by atoms with Gasteiger partial charge in [0.1, 0.15) is 18.0 Å². The molecule has 1 saturated heterocycles. The highest BCUT2D eigenvalue weighted by atomic mass is 16.8. The van der Waals surface area contributed by atoms with Gasteiger partial charge < -0.3 is 19.7 Å². The summed E-state index contributed by atoms with van der Waals surface area (Å²) in [6.45, 7) is 6.79. The van der Waals surface area contributed by atoms with Crippen molar-refractivity contribution in [2.24, 2.45) is 34.5 Å². The van der Waals surface area contributed by atoms with Crippen LogP contribution in [0.5, 0.6) is 5.75 Å². The molecule has 6 rings (SSSR count). The average Bonchev–Trinajstić information content (AvgIpc) is 3.53. The molecule has 9 atom stereocenters. The Balaban J connectivity index is 1.38. The predicted molar refractivity (Wildman–Crippen MR) is 123 cm³/mol. The number of carbonyl (C=O) groups is 1. The third-order valence-corrected chi connectivity index (χ3v) is 10.1. The number of fused-ring (bicyclic) bond motifs is 5. The van der Waals surface area contributed by atoms with Gasteiger partial charge in [-0.1, -0.05) is 50.6 Å². The lowest BCUT2D eigenvalue weighted by Gasteiger charge is -2.60. The smallest absolute Gasteiger partial charge is 0.264 e. The molecule has 1 aromatic rings. The van der Waals surface area contributed by atoms with Gasteiger partial charge in [0.2, 0.25) is 0 Å². The van der Waals surface area contributed by atoms with Gasteiger partial charge in [0.25, 0.3) is 5.79 Å². The number of carbonyl (C=O) groups excluding carboxylic acids is 1. The van der Waals surface area contributed by atoms with Crippen LogP contribution in [0.2, 0.25) is 0 Å². The molecule has 0 spiro atoms. The van der Waals surface area contributed by atoms with Crippen LogP contribution in [0.4, 0.5) is 0 Å². The highest BCUT2D eigenvalue weighted by Gasteiger charge is 2.79. The van der Waals surface area contributed by atoms with Crippen molar-refractivity contribution in [2.75, 3.05) is 6.61 Å². The van der Waals surface area contributed by atoms with Crippen LogP contribution in [-0.4, -0.2) is 40.1 Å². The third kappa shape index (κ3) is 2.67. The zero-order valence-corrected chi connectivity index (χ0v) is 19.7. The Labute approximate surface area is 195 Å². The first-order chi connectivity index (χ1) is 15.6. The molecular formula is C28H34O5. The fraction of sp³-hybridized carbons (Fsp3) is 0.607. The minimum Gasteiger partial charge on any atom is -0.457 e. The number of para-hydroxylation sites is 1. The van der Waals surface area contributed by atoms with E-state index in [4.69, 9.17) is 9.47 Å². The molecule has 0 bridgehead atoms. The number of benzene rings is 1. The van der Waals surface area contributed by atoms with Crippen molar-refractivity contribution >= 4 is 5.78 Å². The maximum atomic E-state index is 12.5. The van der Waals surface area contributed by atoms with E-state index in [0.717, 1.165) is 24.8 Å². The molecule has 5 heteroatoms. The molecule has 1 heterocycles. The summed E-state index contributed by atoms with van der Waals surface area (Å²) < 4.78 is 12.3. The number of hydrogen-bond acceptors (Lipinski definition) is 5. The molecule has 3 saturated carbocycles. The molecule has 1 aliphatic heterocycles. The zero-order valence-electron chi connectivity index (χ0n) is 19.7. The van der Waals surface area contributed by atoms with Crippen LogP contribution in [0.25, 0.3) is 0 Å². The largest absolute Gasteiger partial charge is 0.457 e. The van der Waals surface area contributed by atoms with Gasteiger partial charge in [0, 0.05) is 16.7 Å². The summed E-state index contributed by atoms with van der Waals surface area (Å²) in [7, 11) is 0. The molecule has 176 valence electrons. The summed E-state index contributed by atoms with van der Waals surface area (Å²) in [5.74, 6) is 0.182. The number of hydrogen-bond donors (Lipinski definition) is 2. The summed E-state index contributed by atoms with van der Waals surface area (Å²) in [6, 6.07) is 9.57. The second kappa shape index (κ2) is 6.80. The Morgan fingerprint density at radius 2 is 1.91 bits per heavy atom. The summed E-state index contributed by atoms with van der Waals surface area (Å²) in [6.07, 6.45) is 8.07. The first-order valence-electron chi connectivity index (χ1n) is 12.4. The second-order valence-electron chi connectivity index (χ2n) is 11.6. The molecule has 5 nitrogen and oxygen atoms in total. The van der Waals surface area contributed by atoms with Gasteiger partial charge >= 0.3 is 0 Å². The fourth-order valence-electron chi connectivity index (χ4n) is 8.57. The van der Waals surface area contributed by atoms with Gasteiger partial charge in [-0.3, -0.25) is 4.79 Å². The van der Waals surface area contributed by atoms with E-state index >= 15 is 0 Å². The molecule has 5 aliphatic rings. The highest BCUT2D eigenvalue weighted by molar-refractivity contribution is 6.01. The van der Waals surface area contributed by atoms with E-state index in [-0.39, 0.29) is 34.9 Å². The quantitative estimate of drug-likeness (QED) is 0.680. The topological polar surface area (TPSA) is 79.3 Å². The number of allylic oxidation sites excluding steroid dienone is 4. The zero-order chi connectivity index (χ0) is 23.2. The van der Waals surface area contributed by atoms with Crippen LogP contribution in [-0.2, 0) is 9.53 Å². The Kier molecular flexibility index (Phi) is 4.45. The summed E-state index contributed by atoms with van der Waals surface area (Å²) in [4.78, 5) is 12.0. The standard InChI is InChI=1S/C28H34O5/c1-17-13-22-21-10-9-18-14-19(29)11-12-25(18,2)24(21)23(30)15-26(22,3)28(17,31)27(16-32-27)33-20-7-5-4-6-8-20/h4-8,11-12,14,17,21-24,30-31H,9-10,13,15-16H2,1-3H3/t17-,21-,22-,23-,24+,25-,26-,27?,28+/m0/s1. The third-order valence-electron chi connectivity index (χ3n) is 10.1. The number of rotatable bonds is 3. The van der Waals surface area contributed by atoms with Crippen molar-refractivity contribution in [3.8, 4) is 5.75 Å². The summed E-state index contributed by atoms with van der Waals surface area (Å²) in [5.41, 5.74) is -0.906. The predicted octanol–water partition coefficient (Wildman–Crippen LogP) is 4.05. The van der Waals surface area contributed by atoms with Gasteiger partial charge in [-0.2, -0.15) is 0 Å². The van der Waals surface area contributed by atoms with E-state index < -0.39 is 22.9 Å². The maximum absolute atomic E-state index is 12.5. The lowest BCUT2D eigenvalue weighted by molar-refractivity contribution is -0.235. The molecule has 0 amide bonds. The molecule has 4 fully saturated rings. The fourth-order valence-corrected chi connectivity index (χ4v) is 8.57. The Hall–Kier alpha value is -1.95. The van der Waals surface area contributed by atoms with Crippen LogP contribution in [0.15, 0.2) is 54.1 Å². The number of ketones is 1. The Bertz CT molecular complexity index is 1040. The van der Waals surface area contributed by atoms with E-state index in [1.807, 2.05) is 36.4 Å². The molecule has 33 heavy (non-hydrogen) atoms. The molecule has 2 N–H and O–H groups in total. The van der Waals surface area contributed by atoms with Crippen molar-refractivity contribution in [2.45, 2.75) is 63.9 Å². The maximum Gasteiger partial charge on any atom is 0.264 e. The van der Waals surface area contributed by atoms with Crippen molar-refractivity contribution in [1.82, 2.24) is 0 Å². The number of aliphatic hydroxyl groups excluding tert-OH is 1. The first-order valence-corrected chi connectivity index (χ1v) is 12.4. The minimum atomic E-state index is -1.21. The molecule has 0 aromatic heterocycles. The van der Waals surface area contributed by atoms with E-state index in [1.165, 1.54) is 0 Å². The average molecular weight is 451 g/mol. The highest BCUT2D eigenvalue weighted by Crippen LogP contribution is 2.71. The van der Waals surface area contributed by atoms with Gasteiger partial charge in [-0.15, -0.1) is 0 Å².